The molecule has 1 heterocycles. The fraction of sp³-hybridized carbons (Fsp3) is 0.538. The predicted octanol–water partition coefficient (Wildman–Crippen LogP) is 2.49. The van der Waals surface area contributed by atoms with Crippen molar-refractivity contribution in [3.8, 4) is 0 Å². The van der Waals surface area contributed by atoms with Gasteiger partial charge in [-0.25, -0.2) is 4.39 Å². The van der Waals surface area contributed by atoms with Crippen molar-refractivity contribution >= 4 is 11.4 Å². The van der Waals surface area contributed by atoms with Crippen molar-refractivity contribution in [2.75, 3.05) is 32.0 Å². The largest absolute Gasteiger partial charge is 0.382 e. The molecule has 1 aliphatic rings. The molecule has 19 heavy (non-hydrogen) atoms. The number of likely N-dealkylation sites (tertiary alicyclic amines) is 1. The van der Waals surface area contributed by atoms with E-state index in [-0.39, 0.29) is 11.4 Å². The van der Waals surface area contributed by atoms with Crippen LogP contribution in [-0.2, 0) is 0 Å². The molecule has 0 unspecified atom stereocenters. The Morgan fingerprint density at radius 2 is 2.16 bits per heavy atom. The van der Waals surface area contributed by atoms with Crippen molar-refractivity contribution < 1.29 is 9.31 Å². The summed E-state index contributed by atoms with van der Waals surface area (Å²) < 4.78 is 13.6. The number of nitro groups is 1. The average Bonchev–Trinajstić information content (AvgIpc) is 2.39. The maximum absolute atomic E-state index is 13.6. The summed E-state index contributed by atoms with van der Waals surface area (Å²) in [6.07, 6.45) is 2.14. The molecule has 1 aromatic carbocycles. The Bertz CT molecular complexity index is 459. The molecule has 0 amide bonds. The smallest absolute Gasteiger partial charge is 0.271 e. The van der Waals surface area contributed by atoms with Crippen LogP contribution >= 0.6 is 0 Å². The highest BCUT2D eigenvalue weighted by Crippen LogP contribution is 2.23. The summed E-state index contributed by atoms with van der Waals surface area (Å²) in [6, 6.07) is 3.56. The molecule has 0 aliphatic carbocycles. The molecule has 1 fully saturated rings. The first kappa shape index (κ1) is 13.7. The summed E-state index contributed by atoms with van der Waals surface area (Å²) >= 11 is 0. The highest BCUT2D eigenvalue weighted by Gasteiger charge is 2.17. The fourth-order valence-corrected chi connectivity index (χ4v) is 2.28. The van der Waals surface area contributed by atoms with Gasteiger partial charge in [0.25, 0.3) is 5.69 Å². The van der Waals surface area contributed by atoms with E-state index < -0.39 is 10.7 Å². The zero-order chi connectivity index (χ0) is 13.8. The second-order valence-electron chi connectivity index (χ2n) is 5.05. The summed E-state index contributed by atoms with van der Waals surface area (Å²) in [5.74, 6) is 0.0494. The molecular weight excluding hydrogens is 249 g/mol. The normalized spacial score (nSPS) is 17.4. The highest BCUT2D eigenvalue weighted by atomic mass is 19.1. The lowest BCUT2D eigenvalue weighted by molar-refractivity contribution is -0.384. The van der Waals surface area contributed by atoms with Crippen LogP contribution in [0.15, 0.2) is 18.2 Å². The fourth-order valence-electron chi connectivity index (χ4n) is 2.28. The minimum Gasteiger partial charge on any atom is -0.382 e. The van der Waals surface area contributed by atoms with E-state index in [4.69, 9.17) is 0 Å². The molecule has 0 radical (unpaired) electrons. The van der Waals surface area contributed by atoms with Crippen LogP contribution in [0.1, 0.15) is 12.8 Å². The SMILES string of the molecule is CN1CCC(CNc2cc([N+](=O)[O-])ccc2F)CC1. The minimum absolute atomic E-state index is 0.0905. The van der Waals surface area contributed by atoms with Crippen LogP contribution in [0.2, 0.25) is 0 Å². The van der Waals surface area contributed by atoms with Crippen molar-refractivity contribution in [2.45, 2.75) is 12.8 Å². The maximum Gasteiger partial charge on any atom is 0.271 e. The number of piperidine rings is 1. The Kier molecular flexibility index (Phi) is 4.31. The Hall–Kier alpha value is -1.69. The van der Waals surface area contributed by atoms with Gasteiger partial charge in [0.2, 0.25) is 0 Å². The molecule has 1 N–H and O–H groups in total. The topological polar surface area (TPSA) is 58.4 Å². The van der Waals surface area contributed by atoms with Crippen LogP contribution in [0.3, 0.4) is 0 Å². The molecule has 0 bridgehead atoms. The number of hydrogen-bond donors (Lipinski definition) is 1. The molecule has 6 heteroatoms. The minimum atomic E-state index is -0.514. The number of benzene rings is 1. The third-order valence-electron chi connectivity index (χ3n) is 3.58. The number of anilines is 1. The van der Waals surface area contributed by atoms with Gasteiger partial charge in [-0.05, 0) is 45.0 Å². The molecule has 1 aliphatic heterocycles. The molecule has 0 saturated carbocycles. The van der Waals surface area contributed by atoms with Crippen molar-refractivity contribution in [1.29, 1.82) is 0 Å². The van der Waals surface area contributed by atoms with E-state index in [0.29, 0.717) is 12.5 Å². The maximum atomic E-state index is 13.6. The van der Waals surface area contributed by atoms with E-state index in [1.54, 1.807) is 0 Å². The van der Waals surface area contributed by atoms with Crippen LogP contribution in [0, 0.1) is 21.8 Å². The number of nitrogens with one attached hydrogen (secondary N) is 1. The zero-order valence-corrected chi connectivity index (χ0v) is 10.9. The average molecular weight is 267 g/mol. The zero-order valence-electron chi connectivity index (χ0n) is 10.9. The van der Waals surface area contributed by atoms with Gasteiger partial charge in [-0.1, -0.05) is 0 Å². The summed E-state index contributed by atoms with van der Waals surface area (Å²) in [5, 5.41) is 13.7. The van der Waals surface area contributed by atoms with E-state index in [9.17, 15) is 14.5 Å². The van der Waals surface area contributed by atoms with Gasteiger partial charge in [0.05, 0.1) is 10.6 Å². The van der Waals surface area contributed by atoms with Gasteiger partial charge in [-0.15, -0.1) is 0 Å². The van der Waals surface area contributed by atoms with Crippen LogP contribution in [0.4, 0.5) is 15.8 Å². The second-order valence-corrected chi connectivity index (χ2v) is 5.05. The molecule has 1 saturated heterocycles. The molecule has 2 rings (SSSR count). The summed E-state index contributed by atoms with van der Waals surface area (Å²) in [4.78, 5) is 12.4. The van der Waals surface area contributed by atoms with Crippen LogP contribution < -0.4 is 5.32 Å². The molecule has 104 valence electrons. The first-order chi connectivity index (χ1) is 9.06. The lowest BCUT2D eigenvalue weighted by atomic mass is 9.97. The third-order valence-corrected chi connectivity index (χ3v) is 3.58. The number of rotatable bonds is 4. The first-order valence-corrected chi connectivity index (χ1v) is 6.42. The van der Waals surface area contributed by atoms with Gasteiger partial charge < -0.3 is 10.2 Å². The number of non-ortho nitro benzene ring substituents is 1. The van der Waals surface area contributed by atoms with E-state index in [1.165, 1.54) is 12.1 Å². The second kappa shape index (κ2) is 5.97. The van der Waals surface area contributed by atoms with Crippen molar-refractivity contribution in [3.05, 3.63) is 34.1 Å². The van der Waals surface area contributed by atoms with Crippen LogP contribution in [0.25, 0.3) is 0 Å². The summed E-state index contributed by atoms with van der Waals surface area (Å²) in [5.41, 5.74) is 0.125. The van der Waals surface area contributed by atoms with E-state index in [2.05, 4.69) is 17.3 Å². The Morgan fingerprint density at radius 3 is 2.79 bits per heavy atom. The number of nitrogens with zero attached hydrogens (tertiary/aromatic N) is 2. The summed E-state index contributed by atoms with van der Waals surface area (Å²) in [6.45, 7) is 2.75. The van der Waals surface area contributed by atoms with Crippen molar-refractivity contribution in [2.24, 2.45) is 5.92 Å². The standard InChI is InChI=1S/C13H18FN3O2/c1-16-6-4-10(5-7-16)9-15-13-8-11(17(18)19)2-3-12(13)14/h2-3,8,10,15H,4-7,9H2,1H3. The summed E-state index contributed by atoms with van der Waals surface area (Å²) in [7, 11) is 2.09. The molecule has 0 spiro atoms. The van der Waals surface area contributed by atoms with Gasteiger partial charge in [-0.2, -0.15) is 0 Å². The van der Waals surface area contributed by atoms with Gasteiger partial charge in [-0.3, -0.25) is 10.1 Å². The van der Waals surface area contributed by atoms with E-state index in [0.717, 1.165) is 32.0 Å². The third kappa shape index (κ3) is 3.64. The molecule has 0 aromatic heterocycles. The van der Waals surface area contributed by atoms with Gasteiger partial charge >= 0.3 is 0 Å². The molecule has 0 atom stereocenters. The molecule has 1 aromatic rings. The lowest BCUT2D eigenvalue weighted by Crippen LogP contribution is -2.33. The molecule has 5 nitrogen and oxygen atoms in total. The van der Waals surface area contributed by atoms with Crippen LogP contribution in [-0.4, -0.2) is 36.5 Å². The van der Waals surface area contributed by atoms with Gasteiger partial charge in [0.1, 0.15) is 5.82 Å². The Morgan fingerprint density at radius 1 is 1.47 bits per heavy atom. The Labute approximate surface area is 111 Å². The first-order valence-electron chi connectivity index (χ1n) is 6.42. The lowest BCUT2D eigenvalue weighted by Gasteiger charge is -2.29. The number of hydrogen-bond acceptors (Lipinski definition) is 4. The Balaban J connectivity index is 1.95. The quantitative estimate of drug-likeness (QED) is 0.672. The van der Waals surface area contributed by atoms with Crippen molar-refractivity contribution in [1.82, 2.24) is 4.90 Å². The molecular formula is C13H18FN3O2. The van der Waals surface area contributed by atoms with Gasteiger partial charge in [0.15, 0.2) is 0 Å². The number of halogens is 1. The monoisotopic (exact) mass is 267 g/mol. The van der Waals surface area contributed by atoms with E-state index in [1.807, 2.05) is 0 Å². The predicted molar refractivity (Wildman–Crippen MR) is 71.8 cm³/mol. The number of nitro benzene ring substituents is 1. The van der Waals surface area contributed by atoms with Crippen LogP contribution in [0.5, 0.6) is 0 Å². The highest BCUT2D eigenvalue weighted by molar-refractivity contribution is 5.52. The van der Waals surface area contributed by atoms with Gasteiger partial charge in [0, 0.05) is 18.7 Å². The van der Waals surface area contributed by atoms with Crippen molar-refractivity contribution in [3.63, 3.8) is 0 Å². The van der Waals surface area contributed by atoms with E-state index >= 15 is 0 Å².